The Hall–Kier alpha value is -2.63. The highest BCUT2D eigenvalue weighted by molar-refractivity contribution is 7.90. The normalized spacial score (nSPS) is 13.3. The predicted molar refractivity (Wildman–Crippen MR) is 111 cm³/mol. The van der Waals surface area contributed by atoms with E-state index in [4.69, 9.17) is 0 Å². The molecule has 5 heteroatoms. The van der Waals surface area contributed by atoms with Gasteiger partial charge in [-0.05, 0) is 47.5 Å². The first-order valence-electron chi connectivity index (χ1n) is 8.94. The van der Waals surface area contributed by atoms with Crippen LogP contribution in [0.3, 0.4) is 0 Å². The SMILES string of the molecule is CC(NCc1cc2cc(S(C)(=O)=O)ccc2[nH]1)c1cccc2ccccc12. The van der Waals surface area contributed by atoms with Gasteiger partial charge in [0.2, 0.25) is 0 Å². The third kappa shape index (κ3) is 3.61. The molecule has 0 saturated heterocycles. The largest absolute Gasteiger partial charge is 0.357 e. The molecule has 0 saturated carbocycles. The van der Waals surface area contributed by atoms with E-state index in [-0.39, 0.29) is 6.04 Å². The van der Waals surface area contributed by atoms with Crippen LogP contribution in [-0.2, 0) is 16.4 Å². The van der Waals surface area contributed by atoms with Crippen LogP contribution >= 0.6 is 0 Å². The van der Waals surface area contributed by atoms with E-state index in [1.165, 1.54) is 22.6 Å². The van der Waals surface area contributed by atoms with Crippen molar-refractivity contribution in [2.45, 2.75) is 24.4 Å². The van der Waals surface area contributed by atoms with Gasteiger partial charge in [-0.25, -0.2) is 8.42 Å². The fourth-order valence-electron chi connectivity index (χ4n) is 3.50. The Kier molecular flexibility index (Phi) is 4.50. The predicted octanol–water partition coefficient (Wildman–Crippen LogP) is 4.58. The maximum atomic E-state index is 11.7. The molecule has 0 radical (unpaired) electrons. The molecule has 0 aliphatic rings. The smallest absolute Gasteiger partial charge is 0.175 e. The van der Waals surface area contributed by atoms with E-state index in [2.05, 4.69) is 59.7 Å². The first-order valence-corrected chi connectivity index (χ1v) is 10.8. The number of hydrogen-bond donors (Lipinski definition) is 2. The first kappa shape index (κ1) is 17.8. The molecule has 0 aliphatic carbocycles. The zero-order valence-electron chi connectivity index (χ0n) is 15.4. The van der Waals surface area contributed by atoms with Crippen LogP contribution in [0.4, 0.5) is 0 Å². The summed E-state index contributed by atoms with van der Waals surface area (Å²) in [6.45, 7) is 2.83. The summed E-state index contributed by atoms with van der Waals surface area (Å²) in [6, 6.07) is 22.2. The molecule has 0 bridgehead atoms. The quantitative estimate of drug-likeness (QED) is 0.534. The third-order valence-electron chi connectivity index (χ3n) is 4.96. The van der Waals surface area contributed by atoms with Gasteiger partial charge in [-0.1, -0.05) is 42.5 Å². The average Bonchev–Trinajstić information content (AvgIpc) is 3.07. The number of rotatable bonds is 5. The Morgan fingerprint density at radius 1 is 0.963 bits per heavy atom. The summed E-state index contributed by atoms with van der Waals surface area (Å²) >= 11 is 0. The van der Waals surface area contributed by atoms with Gasteiger partial charge in [0.25, 0.3) is 0 Å². The minimum absolute atomic E-state index is 0.189. The third-order valence-corrected chi connectivity index (χ3v) is 6.07. The van der Waals surface area contributed by atoms with Crippen molar-refractivity contribution in [1.29, 1.82) is 0 Å². The first-order chi connectivity index (χ1) is 12.9. The topological polar surface area (TPSA) is 62.0 Å². The van der Waals surface area contributed by atoms with E-state index in [9.17, 15) is 8.42 Å². The van der Waals surface area contributed by atoms with E-state index < -0.39 is 9.84 Å². The Morgan fingerprint density at radius 3 is 2.56 bits per heavy atom. The Labute approximate surface area is 159 Å². The van der Waals surface area contributed by atoms with Crippen LogP contribution in [0.2, 0.25) is 0 Å². The number of benzene rings is 3. The summed E-state index contributed by atoms with van der Waals surface area (Å²) in [7, 11) is -3.20. The van der Waals surface area contributed by atoms with Crippen LogP contribution in [0.5, 0.6) is 0 Å². The summed E-state index contributed by atoms with van der Waals surface area (Å²) in [5.74, 6) is 0. The number of fused-ring (bicyclic) bond motifs is 2. The molecule has 0 amide bonds. The van der Waals surface area contributed by atoms with E-state index in [0.717, 1.165) is 16.6 Å². The number of aromatic amines is 1. The molecule has 4 rings (SSSR count). The van der Waals surface area contributed by atoms with E-state index in [0.29, 0.717) is 11.4 Å². The van der Waals surface area contributed by atoms with Crippen LogP contribution in [0.15, 0.2) is 71.6 Å². The Bertz CT molecular complexity index is 1220. The lowest BCUT2D eigenvalue weighted by Crippen LogP contribution is -2.18. The zero-order valence-corrected chi connectivity index (χ0v) is 16.2. The monoisotopic (exact) mass is 378 g/mol. The van der Waals surface area contributed by atoms with Gasteiger partial charge >= 0.3 is 0 Å². The maximum absolute atomic E-state index is 11.7. The maximum Gasteiger partial charge on any atom is 0.175 e. The molecule has 0 fully saturated rings. The highest BCUT2D eigenvalue weighted by Crippen LogP contribution is 2.25. The summed E-state index contributed by atoms with van der Waals surface area (Å²) in [5, 5.41) is 6.97. The minimum atomic E-state index is -3.20. The number of hydrogen-bond acceptors (Lipinski definition) is 3. The summed E-state index contributed by atoms with van der Waals surface area (Å²) in [6.07, 6.45) is 1.23. The van der Waals surface area contributed by atoms with Crippen molar-refractivity contribution >= 4 is 31.5 Å². The summed E-state index contributed by atoms with van der Waals surface area (Å²) < 4.78 is 23.5. The Morgan fingerprint density at radius 2 is 1.74 bits per heavy atom. The van der Waals surface area contributed by atoms with E-state index in [1.807, 2.05) is 12.1 Å². The van der Waals surface area contributed by atoms with Gasteiger partial charge in [-0.15, -0.1) is 0 Å². The van der Waals surface area contributed by atoms with Gasteiger partial charge in [0, 0.05) is 35.4 Å². The fraction of sp³-hybridized carbons (Fsp3) is 0.182. The molecule has 0 aliphatic heterocycles. The summed E-state index contributed by atoms with van der Waals surface area (Å²) in [5.41, 5.74) is 3.24. The minimum Gasteiger partial charge on any atom is -0.357 e. The molecule has 1 atom stereocenters. The lowest BCUT2D eigenvalue weighted by Gasteiger charge is -2.16. The van der Waals surface area contributed by atoms with E-state index in [1.54, 1.807) is 12.1 Å². The number of aromatic nitrogens is 1. The van der Waals surface area contributed by atoms with Crippen LogP contribution in [0.25, 0.3) is 21.7 Å². The molecule has 4 aromatic rings. The highest BCUT2D eigenvalue weighted by Gasteiger charge is 2.11. The molecule has 4 nitrogen and oxygen atoms in total. The van der Waals surface area contributed by atoms with Crippen LogP contribution < -0.4 is 5.32 Å². The van der Waals surface area contributed by atoms with Crippen molar-refractivity contribution in [2.24, 2.45) is 0 Å². The molecular formula is C22H22N2O2S. The molecule has 3 aromatic carbocycles. The number of nitrogens with one attached hydrogen (secondary N) is 2. The van der Waals surface area contributed by atoms with E-state index >= 15 is 0 Å². The lowest BCUT2D eigenvalue weighted by atomic mass is 10.00. The van der Waals surface area contributed by atoms with Gasteiger partial charge in [0.05, 0.1) is 4.90 Å². The van der Waals surface area contributed by atoms with Crippen molar-refractivity contribution in [1.82, 2.24) is 10.3 Å². The highest BCUT2D eigenvalue weighted by atomic mass is 32.2. The van der Waals surface area contributed by atoms with Crippen LogP contribution in [0, 0.1) is 0 Å². The van der Waals surface area contributed by atoms with Crippen LogP contribution in [-0.4, -0.2) is 19.7 Å². The van der Waals surface area contributed by atoms with Gasteiger partial charge < -0.3 is 10.3 Å². The van der Waals surface area contributed by atoms with Gasteiger partial charge in [0.1, 0.15) is 0 Å². The molecule has 0 spiro atoms. The van der Waals surface area contributed by atoms with Crippen LogP contribution in [0.1, 0.15) is 24.2 Å². The second-order valence-electron chi connectivity index (χ2n) is 6.99. The molecule has 1 unspecified atom stereocenters. The van der Waals surface area contributed by atoms with Crippen molar-refractivity contribution in [3.8, 4) is 0 Å². The van der Waals surface area contributed by atoms with Crippen molar-refractivity contribution in [2.75, 3.05) is 6.26 Å². The molecule has 138 valence electrons. The molecule has 27 heavy (non-hydrogen) atoms. The molecule has 1 heterocycles. The van der Waals surface area contributed by atoms with Gasteiger partial charge in [-0.2, -0.15) is 0 Å². The standard InChI is InChI=1S/C22H22N2O2S/c1-15(20-9-5-7-16-6-3-4-8-21(16)20)23-14-18-12-17-13-19(27(2,25)26)10-11-22(17)24-18/h3-13,15,23-24H,14H2,1-2H3. The second-order valence-corrected chi connectivity index (χ2v) is 9.00. The Balaban J connectivity index is 1.56. The van der Waals surface area contributed by atoms with Crippen molar-refractivity contribution in [3.05, 3.63) is 78.0 Å². The molecule has 1 aromatic heterocycles. The van der Waals surface area contributed by atoms with Crippen molar-refractivity contribution < 1.29 is 8.42 Å². The van der Waals surface area contributed by atoms with Gasteiger partial charge in [0.15, 0.2) is 9.84 Å². The average molecular weight is 378 g/mol. The molecular weight excluding hydrogens is 356 g/mol. The van der Waals surface area contributed by atoms with Gasteiger partial charge in [-0.3, -0.25) is 0 Å². The number of sulfone groups is 1. The molecule has 2 N–H and O–H groups in total. The summed E-state index contributed by atoms with van der Waals surface area (Å²) in [4.78, 5) is 3.71. The van der Waals surface area contributed by atoms with Crippen molar-refractivity contribution in [3.63, 3.8) is 0 Å². The number of H-pyrrole nitrogens is 1. The second kappa shape index (κ2) is 6.83. The lowest BCUT2D eigenvalue weighted by molar-refractivity contribution is 0.573. The zero-order chi connectivity index (χ0) is 19.0. The fourth-order valence-corrected chi connectivity index (χ4v) is 4.15.